The highest BCUT2D eigenvalue weighted by Crippen LogP contribution is 2.36. The molecule has 77 heavy (non-hydrogen) atoms. The van der Waals surface area contributed by atoms with E-state index in [2.05, 4.69) is 63.9 Å². The quantitative estimate of drug-likeness (QED) is 0.0979. The van der Waals surface area contributed by atoms with Crippen LogP contribution in [0.25, 0.3) is 11.3 Å². The van der Waals surface area contributed by atoms with E-state index in [0.29, 0.717) is 71.3 Å². The standard InChI is InChI=1S/C25H28BrN7O4S.C17H22N6O.C8H8BrNO4S/c1-15-12-33-23(28-24(15)31-13-16(11-27)22(34)14-31)10-20(29-33)21-5-3-4-8-32(21)25(35)18-9-17(26)6-7-19(18)30-38(2,36)37;1-11-8-23-16(6-14(21-23)13-4-2-3-5-19-13)20-17(11)22-9-12(7-18)15(24)10-22;1-15(13,14)10-7-3-2-5(9)4-6(7)8(11)12/h6-7,9-10,12,16,21-22,30,34H,3-5,8,13-14H2,1-2H3;6,8,12-13,15,19,24H,2-5,9-10H2,1H3;2-4,10H,1H3,(H,11,12)/t16-,21+,22+;12-,13+,15+;/m11./s1. The van der Waals surface area contributed by atoms with Gasteiger partial charge in [0.1, 0.15) is 11.6 Å². The van der Waals surface area contributed by atoms with Crippen molar-refractivity contribution in [3.05, 3.63) is 104 Å². The monoisotopic (exact) mass is 1220 g/mol. The third-order valence-electron chi connectivity index (χ3n) is 13.5. The average Bonchev–Trinajstić information content (AvgIpc) is 4.19. The fourth-order valence-electron chi connectivity index (χ4n) is 9.89. The second-order valence-corrected chi connectivity index (χ2v) is 24.9. The smallest absolute Gasteiger partial charge is 0.337 e. The van der Waals surface area contributed by atoms with Gasteiger partial charge in [-0.3, -0.25) is 14.2 Å². The Kier molecular flexibility index (Phi) is 17.4. The number of aryl methyl sites for hydroxylation is 2. The van der Waals surface area contributed by atoms with Crippen molar-refractivity contribution in [1.29, 1.82) is 10.5 Å². The van der Waals surface area contributed by atoms with Gasteiger partial charge in [0.25, 0.3) is 5.91 Å². The molecule has 6 aromatic rings. The summed E-state index contributed by atoms with van der Waals surface area (Å²) >= 11 is 6.50. The summed E-state index contributed by atoms with van der Waals surface area (Å²) in [6.45, 7) is 7.18. The van der Waals surface area contributed by atoms with Crippen molar-refractivity contribution < 1.29 is 41.7 Å². The molecule has 0 bridgehead atoms. The number of hydrogen-bond acceptors (Lipinski definition) is 17. The van der Waals surface area contributed by atoms with Crippen LogP contribution in [-0.4, -0.2) is 142 Å². The topological polar surface area (TPSA) is 317 Å². The van der Waals surface area contributed by atoms with Crippen LogP contribution in [0.4, 0.5) is 23.0 Å². The minimum Gasteiger partial charge on any atom is -0.478 e. The Morgan fingerprint density at radius 1 is 0.701 bits per heavy atom. The molecule has 1 amide bonds. The summed E-state index contributed by atoms with van der Waals surface area (Å²) in [5, 5.41) is 60.4. The molecule has 8 heterocycles. The van der Waals surface area contributed by atoms with Gasteiger partial charge >= 0.3 is 5.97 Å². The van der Waals surface area contributed by atoms with Gasteiger partial charge in [0.15, 0.2) is 11.3 Å². The molecule has 408 valence electrons. The lowest BCUT2D eigenvalue weighted by molar-refractivity contribution is 0.0606. The van der Waals surface area contributed by atoms with Crippen molar-refractivity contribution >= 4 is 98.1 Å². The summed E-state index contributed by atoms with van der Waals surface area (Å²) in [6.07, 6.45) is 10.6. The molecule has 4 saturated heterocycles. The summed E-state index contributed by atoms with van der Waals surface area (Å²) in [5.41, 5.74) is 5.45. The zero-order valence-corrected chi connectivity index (χ0v) is 47.3. The van der Waals surface area contributed by atoms with Gasteiger partial charge in [0.2, 0.25) is 20.0 Å². The van der Waals surface area contributed by atoms with E-state index >= 15 is 0 Å². The number of sulfonamides is 2. The van der Waals surface area contributed by atoms with Crippen molar-refractivity contribution in [2.24, 2.45) is 11.8 Å². The normalized spacial score (nSPS) is 21.6. The van der Waals surface area contributed by atoms with E-state index in [9.17, 15) is 41.9 Å². The Morgan fingerprint density at radius 2 is 1.19 bits per heavy atom. The number of hydrogen-bond donors (Lipinski definition) is 6. The molecular weight excluding hydrogens is 1160 g/mol. The molecule has 23 nitrogen and oxygen atoms in total. The number of carbonyl (C=O) groups excluding carboxylic acids is 1. The van der Waals surface area contributed by atoms with Crippen LogP contribution in [-0.2, 0) is 20.0 Å². The third kappa shape index (κ3) is 13.6. The van der Waals surface area contributed by atoms with Gasteiger partial charge in [0, 0.05) is 77.3 Å². The molecule has 10 rings (SSSR count). The highest BCUT2D eigenvalue weighted by atomic mass is 79.9. The zero-order chi connectivity index (χ0) is 55.5. The maximum Gasteiger partial charge on any atom is 0.337 e. The van der Waals surface area contributed by atoms with E-state index in [1.54, 1.807) is 33.7 Å². The van der Waals surface area contributed by atoms with E-state index < -0.39 is 44.1 Å². The number of nitriles is 2. The molecule has 4 aliphatic heterocycles. The van der Waals surface area contributed by atoms with Gasteiger partial charge in [0.05, 0.1) is 94.7 Å². The number of amides is 1. The lowest BCUT2D eigenvalue weighted by atomic mass is 9.98. The second kappa shape index (κ2) is 23.6. The highest BCUT2D eigenvalue weighted by molar-refractivity contribution is 9.10. The minimum absolute atomic E-state index is 0.0493. The van der Waals surface area contributed by atoms with Crippen molar-refractivity contribution in [3.8, 4) is 12.1 Å². The number of fused-ring (bicyclic) bond motifs is 2. The number of benzene rings is 2. The van der Waals surface area contributed by atoms with Crippen molar-refractivity contribution in [2.45, 2.75) is 76.7 Å². The van der Waals surface area contributed by atoms with Crippen LogP contribution in [0.3, 0.4) is 0 Å². The molecule has 2 aromatic carbocycles. The number of aromatic nitrogens is 6. The number of aliphatic hydroxyl groups is 2. The maximum atomic E-state index is 13.8. The number of piperidine rings is 2. The number of anilines is 4. The zero-order valence-electron chi connectivity index (χ0n) is 42.5. The van der Waals surface area contributed by atoms with E-state index in [1.807, 2.05) is 52.7 Å². The lowest BCUT2D eigenvalue weighted by Crippen LogP contribution is -2.39. The number of carboxylic acid groups (broad SMARTS) is 1. The van der Waals surface area contributed by atoms with Gasteiger partial charge in [-0.2, -0.15) is 20.7 Å². The molecule has 6 atom stereocenters. The van der Waals surface area contributed by atoms with E-state index in [4.69, 9.17) is 25.4 Å². The van der Waals surface area contributed by atoms with Crippen LogP contribution in [0, 0.1) is 48.3 Å². The molecule has 0 radical (unpaired) electrons. The Morgan fingerprint density at radius 3 is 1.68 bits per heavy atom. The fraction of sp³-hybridized carbons (Fsp3) is 0.440. The van der Waals surface area contributed by atoms with Gasteiger partial charge in [-0.15, -0.1) is 0 Å². The Hall–Kier alpha value is -6.46. The summed E-state index contributed by atoms with van der Waals surface area (Å²) in [7, 11) is -7.06. The number of nitrogens with one attached hydrogen (secondary N) is 3. The molecule has 4 fully saturated rings. The predicted molar refractivity (Wildman–Crippen MR) is 294 cm³/mol. The number of likely N-dealkylation sites (tertiary alicyclic amines) is 1. The summed E-state index contributed by atoms with van der Waals surface area (Å²) in [5.74, 6) is -0.755. The molecule has 0 spiro atoms. The fourth-order valence-corrected chi connectivity index (χ4v) is 11.8. The number of carbonyl (C=O) groups is 2. The molecule has 27 heteroatoms. The summed E-state index contributed by atoms with van der Waals surface area (Å²) < 4.78 is 55.1. The van der Waals surface area contributed by atoms with Gasteiger partial charge in [-0.05, 0) is 88.9 Å². The number of aromatic carboxylic acids is 1. The van der Waals surface area contributed by atoms with Crippen molar-refractivity contribution in [2.75, 3.05) is 71.0 Å². The minimum atomic E-state index is -3.58. The van der Waals surface area contributed by atoms with Crippen LogP contribution in [0.1, 0.15) is 93.8 Å². The summed E-state index contributed by atoms with van der Waals surface area (Å²) in [6, 6.07) is 17.4. The first-order valence-corrected chi connectivity index (χ1v) is 30.1. The van der Waals surface area contributed by atoms with Crippen LogP contribution in [0.2, 0.25) is 0 Å². The van der Waals surface area contributed by atoms with Crippen LogP contribution >= 0.6 is 31.9 Å². The van der Waals surface area contributed by atoms with E-state index in [0.717, 1.165) is 66.6 Å². The van der Waals surface area contributed by atoms with Gasteiger partial charge in [-0.25, -0.2) is 40.6 Å². The van der Waals surface area contributed by atoms with Gasteiger partial charge in [-0.1, -0.05) is 38.3 Å². The Bertz CT molecular complexity index is 3530. The Balaban J connectivity index is 0.000000171. The van der Waals surface area contributed by atoms with E-state index in [-0.39, 0.29) is 40.4 Å². The molecule has 4 aromatic heterocycles. The first-order chi connectivity index (χ1) is 36.5. The number of carboxylic acids is 1. The van der Waals surface area contributed by atoms with E-state index in [1.165, 1.54) is 25.0 Å². The lowest BCUT2D eigenvalue weighted by Gasteiger charge is -2.35. The third-order valence-corrected chi connectivity index (χ3v) is 15.7. The van der Waals surface area contributed by atoms with Gasteiger partial charge < -0.3 is 35.3 Å². The molecule has 6 N–H and O–H groups in total. The number of nitrogens with zero attached hydrogens (tertiary/aromatic N) is 11. The van der Waals surface area contributed by atoms with Crippen LogP contribution in [0.5, 0.6) is 0 Å². The molecular formula is C50H58Br2N14O9S2. The SMILES string of the molecule is CS(=O)(=O)Nc1ccc(Br)cc1C(=O)O.Cc1cn2nc([C@@H]3CCCCN3)cc2nc1N1C[C@@H](C#N)[C@@H](O)C1.Cc1cn2nc([C@@H]3CCCCN3C(=O)c3cc(Br)ccc3NS(C)(=O)=O)cc2nc1N1C[C@@H](C#N)[C@@H](O)C1. The highest BCUT2D eigenvalue weighted by Gasteiger charge is 2.36. The van der Waals surface area contributed by atoms with Crippen molar-refractivity contribution in [1.82, 2.24) is 39.4 Å². The number of aliphatic hydroxyl groups excluding tert-OH is 2. The van der Waals surface area contributed by atoms with Crippen LogP contribution in [0.15, 0.2) is 69.9 Å². The number of rotatable bonds is 10. The maximum absolute atomic E-state index is 13.8. The number of halogens is 2. The molecule has 0 saturated carbocycles. The summed E-state index contributed by atoms with van der Waals surface area (Å²) in [4.78, 5) is 39.8. The largest absolute Gasteiger partial charge is 0.478 e. The average molecular weight is 1220 g/mol. The van der Waals surface area contributed by atoms with Crippen molar-refractivity contribution in [3.63, 3.8) is 0 Å². The molecule has 0 unspecified atom stereocenters. The first kappa shape index (κ1) is 56.7. The number of β-amino-alcohol motifs (C(OH)–C–C–N with tert-alkyl or cyclic N) is 2. The molecule has 0 aliphatic carbocycles. The molecule has 4 aliphatic rings. The Labute approximate surface area is 462 Å². The second-order valence-electron chi connectivity index (χ2n) is 19.6. The van der Waals surface area contributed by atoms with Crippen LogP contribution < -0.4 is 24.6 Å². The first-order valence-electron chi connectivity index (χ1n) is 24.7. The predicted octanol–water partition coefficient (Wildman–Crippen LogP) is 5.55.